The second-order valence-electron chi connectivity index (χ2n) is 1.50. The monoisotopic (exact) mass is 129 g/mol. The Hall–Kier alpha value is -1.46. The zero-order valence-corrected chi connectivity index (χ0v) is 4.33. The van der Waals surface area contributed by atoms with Crippen molar-refractivity contribution in [1.82, 2.24) is 5.43 Å². The van der Waals surface area contributed by atoms with E-state index in [2.05, 4.69) is 5.10 Å². The Bertz CT molecular complexity index is 196. The number of hydrazone groups is 1. The highest BCUT2D eigenvalue weighted by molar-refractivity contribution is 5.99. The van der Waals surface area contributed by atoms with Crippen LogP contribution in [0.4, 0.5) is 0 Å². The van der Waals surface area contributed by atoms with Gasteiger partial charge in [-0.1, -0.05) is 0 Å². The summed E-state index contributed by atoms with van der Waals surface area (Å²) in [7, 11) is 0. The molecule has 0 radical (unpaired) electrons. The third kappa shape index (κ3) is 1.01. The van der Waals surface area contributed by atoms with Gasteiger partial charge in [-0.05, 0) is 4.92 Å². The number of rotatable bonds is 0. The van der Waals surface area contributed by atoms with Gasteiger partial charge in [-0.25, -0.2) is 0 Å². The molecule has 0 aliphatic carbocycles. The van der Waals surface area contributed by atoms with Crippen molar-refractivity contribution >= 4 is 11.7 Å². The quantitative estimate of drug-likeness (QED) is 0.339. The van der Waals surface area contributed by atoms with Gasteiger partial charge in [0.2, 0.25) is 0 Å². The van der Waals surface area contributed by atoms with E-state index in [0.29, 0.717) is 0 Å². The summed E-state index contributed by atoms with van der Waals surface area (Å²) >= 11 is 0. The molecule has 0 unspecified atom stereocenters. The maximum absolute atomic E-state index is 10.2. The number of nitrogens with one attached hydrogen (secondary N) is 1. The standard InChI is InChI=1S/C3H3N3O3/c7-3-1-2(4-5-3)6(8)9/h1H2,(H,5,7). The van der Waals surface area contributed by atoms with E-state index in [1.807, 2.05) is 5.43 Å². The lowest BCUT2D eigenvalue weighted by molar-refractivity contribution is -0.352. The number of carbonyl (C=O) groups excluding carboxylic acids is 1. The first-order valence-corrected chi connectivity index (χ1v) is 2.20. The molecule has 0 saturated heterocycles. The highest BCUT2D eigenvalue weighted by Gasteiger charge is 2.25. The van der Waals surface area contributed by atoms with Crippen molar-refractivity contribution in [2.75, 3.05) is 0 Å². The zero-order valence-electron chi connectivity index (χ0n) is 4.33. The topological polar surface area (TPSA) is 84.6 Å². The van der Waals surface area contributed by atoms with Crippen LogP contribution in [0, 0.1) is 10.1 Å². The van der Waals surface area contributed by atoms with Crippen molar-refractivity contribution in [3.63, 3.8) is 0 Å². The summed E-state index contributed by atoms with van der Waals surface area (Å²) in [6, 6.07) is 0. The van der Waals surface area contributed by atoms with E-state index >= 15 is 0 Å². The molecular formula is C3H3N3O3. The molecule has 1 rings (SSSR count). The molecule has 0 aromatic carbocycles. The average Bonchev–Trinajstić information content (AvgIpc) is 2.14. The zero-order chi connectivity index (χ0) is 6.85. The van der Waals surface area contributed by atoms with Crippen molar-refractivity contribution in [2.45, 2.75) is 6.42 Å². The number of nitro groups is 1. The van der Waals surface area contributed by atoms with Crippen LogP contribution in [0.3, 0.4) is 0 Å². The first-order chi connectivity index (χ1) is 4.20. The molecule has 6 heteroatoms. The molecule has 0 aromatic heterocycles. The Kier molecular flexibility index (Phi) is 1.14. The van der Waals surface area contributed by atoms with Crippen LogP contribution < -0.4 is 5.43 Å². The van der Waals surface area contributed by atoms with E-state index in [-0.39, 0.29) is 12.3 Å². The summed E-state index contributed by atoms with van der Waals surface area (Å²) in [5.74, 6) is -0.748. The second-order valence-corrected chi connectivity index (χ2v) is 1.50. The summed E-state index contributed by atoms with van der Waals surface area (Å²) in [5, 5.41) is 13.0. The molecule has 1 heterocycles. The van der Waals surface area contributed by atoms with Crippen LogP contribution in [0.15, 0.2) is 5.10 Å². The first-order valence-electron chi connectivity index (χ1n) is 2.20. The van der Waals surface area contributed by atoms with Crippen LogP contribution >= 0.6 is 0 Å². The van der Waals surface area contributed by atoms with Crippen molar-refractivity contribution in [2.24, 2.45) is 5.10 Å². The maximum atomic E-state index is 10.2. The number of nitrogens with zero attached hydrogens (tertiary/aromatic N) is 2. The normalized spacial score (nSPS) is 16.9. The molecule has 48 valence electrons. The lowest BCUT2D eigenvalue weighted by atomic mass is 10.4. The van der Waals surface area contributed by atoms with E-state index in [4.69, 9.17) is 0 Å². The minimum Gasteiger partial charge on any atom is -0.358 e. The fraction of sp³-hybridized carbons (Fsp3) is 0.333. The molecular weight excluding hydrogens is 126 g/mol. The third-order valence-corrected chi connectivity index (χ3v) is 0.839. The molecule has 0 aromatic rings. The van der Waals surface area contributed by atoms with Gasteiger partial charge < -0.3 is 10.1 Å². The fourth-order valence-corrected chi connectivity index (χ4v) is 0.455. The van der Waals surface area contributed by atoms with Crippen LogP contribution in [-0.2, 0) is 4.79 Å². The fourth-order valence-electron chi connectivity index (χ4n) is 0.455. The summed E-state index contributed by atoms with van der Waals surface area (Å²) in [6.45, 7) is 0. The van der Waals surface area contributed by atoms with Gasteiger partial charge in [0.25, 0.3) is 5.91 Å². The molecule has 1 N–H and O–H groups in total. The Morgan fingerprint density at radius 2 is 2.44 bits per heavy atom. The van der Waals surface area contributed by atoms with Crippen molar-refractivity contribution in [3.8, 4) is 0 Å². The Balaban J connectivity index is 2.65. The molecule has 1 aliphatic rings. The maximum Gasteiger partial charge on any atom is 0.373 e. The minimum absolute atomic E-state index is 0.215. The number of hydrogen-bond donors (Lipinski definition) is 1. The van der Waals surface area contributed by atoms with Crippen molar-refractivity contribution in [3.05, 3.63) is 10.1 Å². The highest BCUT2D eigenvalue weighted by Crippen LogP contribution is 1.94. The number of amides is 1. The van der Waals surface area contributed by atoms with Gasteiger partial charge in [-0.3, -0.25) is 4.79 Å². The van der Waals surface area contributed by atoms with Gasteiger partial charge in [0.1, 0.15) is 6.42 Å². The van der Waals surface area contributed by atoms with E-state index in [1.165, 1.54) is 0 Å². The molecule has 6 nitrogen and oxygen atoms in total. The molecule has 0 atom stereocenters. The van der Waals surface area contributed by atoms with Gasteiger partial charge in [-0.15, -0.1) is 0 Å². The van der Waals surface area contributed by atoms with E-state index in [9.17, 15) is 14.9 Å². The molecule has 1 amide bonds. The van der Waals surface area contributed by atoms with Crippen LogP contribution in [0.5, 0.6) is 0 Å². The van der Waals surface area contributed by atoms with Crippen molar-refractivity contribution < 1.29 is 9.72 Å². The summed E-state index contributed by atoms with van der Waals surface area (Å²) < 4.78 is 0. The molecule has 0 fully saturated rings. The van der Waals surface area contributed by atoms with Crippen LogP contribution in [-0.4, -0.2) is 16.7 Å². The van der Waals surface area contributed by atoms with E-state index in [0.717, 1.165) is 0 Å². The van der Waals surface area contributed by atoms with Crippen LogP contribution in [0.2, 0.25) is 0 Å². The number of amidine groups is 1. The lowest BCUT2D eigenvalue weighted by Crippen LogP contribution is -2.11. The van der Waals surface area contributed by atoms with Gasteiger partial charge in [0, 0.05) is 0 Å². The lowest BCUT2D eigenvalue weighted by Gasteiger charge is -1.84. The second kappa shape index (κ2) is 1.81. The molecule has 9 heavy (non-hydrogen) atoms. The predicted molar refractivity (Wildman–Crippen MR) is 27.2 cm³/mol. The third-order valence-electron chi connectivity index (χ3n) is 0.839. The highest BCUT2D eigenvalue weighted by atomic mass is 16.6. The Morgan fingerprint density at radius 3 is 2.67 bits per heavy atom. The Labute approximate surface area is 49.7 Å². The molecule has 1 aliphatic heterocycles. The van der Waals surface area contributed by atoms with Gasteiger partial charge in [0.15, 0.2) is 0 Å². The van der Waals surface area contributed by atoms with Crippen LogP contribution in [0.1, 0.15) is 6.42 Å². The number of carbonyl (C=O) groups is 1. The number of hydrogen-bond acceptors (Lipinski definition) is 4. The van der Waals surface area contributed by atoms with Gasteiger partial charge in [0.05, 0.1) is 5.10 Å². The van der Waals surface area contributed by atoms with Crippen LogP contribution in [0.25, 0.3) is 0 Å². The average molecular weight is 129 g/mol. The Morgan fingerprint density at radius 1 is 1.78 bits per heavy atom. The van der Waals surface area contributed by atoms with Gasteiger partial charge >= 0.3 is 5.84 Å². The molecule has 0 spiro atoms. The minimum atomic E-state index is -0.683. The van der Waals surface area contributed by atoms with Gasteiger partial charge in [-0.2, -0.15) is 5.43 Å². The molecule has 0 bridgehead atoms. The largest absolute Gasteiger partial charge is 0.373 e. The molecule has 0 saturated carbocycles. The predicted octanol–water partition coefficient (Wildman–Crippen LogP) is -0.904. The van der Waals surface area contributed by atoms with E-state index < -0.39 is 10.8 Å². The first kappa shape index (κ1) is 5.67. The summed E-state index contributed by atoms with van der Waals surface area (Å²) in [5.41, 5.74) is 1.96. The SMILES string of the molecule is O=C1CC([N+](=O)[O-])=NN1. The summed E-state index contributed by atoms with van der Waals surface area (Å²) in [4.78, 5) is 19.4. The van der Waals surface area contributed by atoms with Crippen molar-refractivity contribution in [1.29, 1.82) is 0 Å². The smallest absolute Gasteiger partial charge is 0.358 e. The summed E-state index contributed by atoms with van der Waals surface area (Å²) in [6.07, 6.45) is -0.215. The van der Waals surface area contributed by atoms with E-state index in [1.54, 1.807) is 0 Å².